The molecule has 1 aliphatic rings. The summed E-state index contributed by atoms with van der Waals surface area (Å²) in [7, 11) is 2.64. The van der Waals surface area contributed by atoms with E-state index in [1.807, 2.05) is 5.32 Å². The maximum absolute atomic E-state index is 11.9. The van der Waals surface area contributed by atoms with Gasteiger partial charge in [0, 0.05) is 12.6 Å². The molecule has 7 nitrogen and oxygen atoms in total. The van der Waals surface area contributed by atoms with Gasteiger partial charge in [-0.2, -0.15) is 0 Å². The van der Waals surface area contributed by atoms with E-state index in [0.29, 0.717) is 0 Å². The van der Waals surface area contributed by atoms with Gasteiger partial charge in [0.15, 0.2) is 11.5 Å². The van der Waals surface area contributed by atoms with Crippen molar-refractivity contribution in [2.45, 2.75) is 0 Å². The predicted molar refractivity (Wildman–Crippen MR) is 68.9 cm³/mol. The number of benzene rings is 1. The molecule has 0 atom stereocenters. The highest BCUT2D eigenvalue weighted by atomic mass is 16.5. The molecule has 7 heteroatoms. The maximum Gasteiger partial charge on any atom is 0.331 e. The second kappa shape index (κ2) is 5.04. The molecule has 0 bridgehead atoms. The molecule has 0 aliphatic carbocycles. The third-order valence-corrected chi connectivity index (χ3v) is 2.85. The Labute approximate surface area is 114 Å². The molecule has 0 radical (unpaired) electrons. The lowest BCUT2D eigenvalue weighted by Gasteiger charge is -2.22. The minimum atomic E-state index is -0.805. The molecule has 1 saturated heterocycles. The van der Waals surface area contributed by atoms with Crippen molar-refractivity contribution in [3.8, 4) is 11.5 Å². The number of phenolic OH excluding ortho intramolecular Hbond substituents is 1. The number of hydrogen-bond acceptors (Lipinski definition) is 5. The number of para-hydroxylation sites is 1. The first-order valence-corrected chi connectivity index (χ1v) is 5.66. The Morgan fingerprint density at radius 1 is 1.30 bits per heavy atom. The molecular formula is C13H12N2O5. The van der Waals surface area contributed by atoms with E-state index in [2.05, 4.69) is 0 Å². The van der Waals surface area contributed by atoms with Crippen LogP contribution >= 0.6 is 0 Å². The van der Waals surface area contributed by atoms with E-state index in [4.69, 9.17) is 4.74 Å². The van der Waals surface area contributed by atoms with Crippen LogP contribution in [0, 0.1) is 0 Å². The van der Waals surface area contributed by atoms with Gasteiger partial charge in [0.2, 0.25) is 0 Å². The van der Waals surface area contributed by atoms with Crippen LogP contribution in [0.2, 0.25) is 0 Å². The summed E-state index contributed by atoms with van der Waals surface area (Å²) in [6.45, 7) is 0. The van der Waals surface area contributed by atoms with Gasteiger partial charge in [-0.05, 0) is 12.1 Å². The van der Waals surface area contributed by atoms with Gasteiger partial charge < -0.3 is 9.84 Å². The Balaban J connectivity index is 2.47. The molecule has 2 rings (SSSR count). The minimum Gasteiger partial charge on any atom is -0.504 e. The number of rotatable bonds is 2. The normalized spacial score (nSPS) is 17.4. The zero-order chi connectivity index (χ0) is 14.9. The first-order valence-electron chi connectivity index (χ1n) is 5.66. The summed E-state index contributed by atoms with van der Waals surface area (Å²) in [5.41, 5.74) is 0.00116. The molecule has 1 aromatic carbocycles. The Morgan fingerprint density at radius 3 is 2.65 bits per heavy atom. The number of carbonyl (C=O) groups excluding carboxylic acids is 3. The third kappa shape index (κ3) is 2.20. The zero-order valence-electron chi connectivity index (χ0n) is 10.8. The van der Waals surface area contributed by atoms with Gasteiger partial charge in [-0.25, -0.2) is 4.79 Å². The molecule has 2 N–H and O–H groups in total. The van der Waals surface area contributed by atoms with Crippen molar-refractivity contribution in [2.24, 2.45) is 0 Å². The van der Waals surface area contributed by atoms with E-state index in [0.717, 1.165) is 4.90 Å². The number of phenols is 1. The van der Waals surface area contributed by atoms with Crippen LogP contribution in [0.5, 0.6) is 11.5 Å². The third-order valence-electron chi connectivity index (χ3n) is 2.85. The van der Waals surface area contributed by atoms with E-state index < -0.39 is 17.8 Å². The van der Waals surface area contributed by atoms with Gasteiger partial charge in [0.05, 0.1) is 7.11 Å². The van der Waals surface area contributed by atoms with Gasteiger partial charge in [-0.3, -0.25) is 19.8 Å². The summed E-state index contributed by atoms with van der Waals surface area (Å²) in [5, 5.41) is 11.9. The van der Waals surface area contributed by atoms with Crippen molar-refractivity contribution >= 4 is 23.9 Å². The van der Waals surface area contributed by atoms with Crippen molar-refractivity contribution in [1.82, 2.24) is 10.2 Å². The van der Waals surface area contributed by atoms with Gasteiger partial charge >= 0.3 is 6.03 Å². The fourth-order valence-electron chi connectivity index (χ4n) is 1.72. The molecule has 0 saturated carbocycles. The maximum atomic E-state index is 11.9. The standard InChI is InChI=1S/C13H12N2O5/c1-15-12(18)8(11(17)14-13(15)19)6-7-4-3-5-9(20-2)10(7)16/h3-6,16H,1-2H3,(H,14,17,19)/b8-6-. The Bertz CT molecular complexity index is 636. The number of ether oxygens (including phenoxy) is 1. The molecule has 0 aromatic heterocycles. The smallest absolute Gasteiger partial charge is 0.331 e. The van der Waals surface area contributed by atoms with Crippen LogP contribution in [-0.4, -0.2) is 42.0 Å². The first-order chi connectivity index (χ1) is 9.45. The van der Waals surface area contributed by atoms with E-state index in [9.17, 15) is 19.5 Å². The number of nitrogens with one attached hydrogen (secondary N) is 1. The number of carbonyl (C=O) groups is 3. The number of likely N-dealkylation sites (N-methyl/N-ethyl adjacent to an activating group) is 1. The number of aromatic hydroxyl groups is 1. The van der Waals surface area contributed by atoms with Crippen molar-refractivity contribution < 1.29 is 24.2 Å². The summed E-state index contributed by atoms with van der Waals surface area (Å²) >= 11 is 0. The first kappa shape index (κ1) is 13.6. The van der Waals surface area contributed by atoms with Crippen LogP contribution in [0.15, 0.2) is 23.8 Å². The average Bonchev–Trinajstić information content (AvgIpc) is 2.43. The van der Waals surface area contributed by atoms with E-state index >= 15 is 0 Å². The number of hydrogen-bond donors (Lipinski definition) is 2. The minimum absolute atomic E-state index is 0.192. The van der Waals surface area contributed by atoms with Gasteiger partial charge in [-0.15, -0.1) is 0 Å². The molecule has 104 valence electrons. The van der Waals surface area contributed by atoms with Gasteiger partial charge in [-0.1, -0.05) is 12.1 Å². The van der Waals surface area contributed by atoms with Gasteiger partial charge in [0.25, 0.3) is 11.8 Å². The molecule has 0 spiro atoms. The number of urea groups is 1. The van der Waals surface area contributed by atoms with Crippen LogP contribution in [0.4, 0.5) is 4.79 Å². The number of amides is 4. The zero-order valence-corrected chi connectivity index (χ0v) is 10.8. The van der Waals surface area contributed by atoms with Crippen LogP contribution in [0.25, 0.3) is 6.08 Å². The number of imide groups is 2. The van der Waals surface area contributed by atoms with Crippen LogP contribution in [0.3, 0.4) is 0 Å². The molecular weight excluding hydrogens is 264 g/mol. The Kier molecular flexibility index (Phi) is 3.43. The van der Waals surface area contributed by atoms with E-state index in [1.165, 1.54) is 32.4 Å². The van der Waals surface area contributed by atoms with Crippen LogP contribution < -0.4 is 10.1 Å². The summed E-state index contributed by atoms with van der Waals surface area (Å²) < 4.78 is 4.94. The summed E-state index contributed by atoms with van der Waals surface area (Å²) in [6.07, 6.45) is 1.21. The predicted octanol–water partition coefficient (Wildman–Crippen LogP) is 0.492. The summed E-state index contributed by atoms with van der Waals surface area (Å²) in [6, 6.07) is 3.87. The molecule has 1 aliphatic heterocycles. The molecule has 1 heterocycles. The molecule has 4 amide bonds. The SMILES string of the molecule is COc1cccc(/C=C2/C(=O)NC(=O)N(C)C2=O)c1O. The fourth-order valence-corrected chi connectivity index (χ4v) is 1.72. The van der Waals surface area contributed by atoms with Crippen molar-refractivity contribution in [3.05, 3.63) is 29.3 Å². The van der Waals surface area contributed by atoms with Gasteiger partial charge in [0.1, 0.15) is 5.57 Å². The lowest BCUT2D eigenvalue weighted by molar-refractivity contribution is -0.129. The topological polar surface area (TPSA) is 95.9 Å². The molecule has 0 unspecified atom stereocenters. The number of barbiturate groups is 1. The summed E-state index contributed by atoms with van der Waals surface area (Å²) in [5.74, 6) is -1.52. The molecule has 1 aromatic rings. The van der Waals surface area contributed by atoms with Crippen molar-refractivity contribution in [3.63, 3.8) is 0 Å². The Morgan fingerprint density at radius 2 is 2.00 bits per heavy atom. The lowest BCUT2D eigenvalue weighted by atomic mass is 10.1. The van der Waals surface area contributed by atoms with E-state index in [-0.39, 0.29) is 22.6 Å². The highest BCUT2D eigenvalue weighted by molar-refractivity contribution is 6.30. The fraction of sp³-hybridized carbons (Fsp3) is 0.154. The average molecular weight is 276 g/mol. The van der Waals surface area contributed by atoms with Crippen LogP contribution in [-0.2, 0) is 9.59 Å². The monoisotopic (exact) mass is 276 g/mol. The second-order valence-corrected chi connectivity index (χ2v) is 4.08. The lowest BCUT2D eigenvalue weighted by Crippen LogP contribution is -2.52. The summed E-state index contributed by atoms with van der Waals surface area (Å²) in [4.78, 5) is 35.6. The largest absolute Gasteiger partial charge is 0.504 e. The highest BCUT2D eigenvalue weighted by Gasteiger charge is 2.33. The van der Waals surface area contributed by atoms with Crippen molar-refractivity contribution in [1.29, 1.82) is 0 Å². The number of methoxy groups -OCH3 is 1. The van der Waals surface area contributed by atoms with E-state index in [1.54, 1.807) is 6.07 Å². The van der Waals surface area contributed by atoms with Crippen LogP contribution in [0.1, 0.15) is 5.56 Å². The molecule has 20 heavy (non-hydrogen) atoms. The highest BCUT2D eigenvalue weighted by Crippen LogP contribution is 2.31. The quantitative estimate of drug-likeness (QED) is 0.605. The second-order valence-electron chi connectivity index (χ2n) is 4.08. The molecule has 1 fully saturated rings. The number of nitrogens with zero attached hydrogens (tertiary/aromatic N) is 1. The van der Waals surface area contributed by atoms with Crippen molar-refractivity contribution in [2.75, 3.05) is 14.2 Å². The Hall–Kier alpha value is -2.83.